The third-order valence-corrected chi connectivity index (χ3v) is 21.1. The van der Waals surface area contributed by atoms with Crippen molar-refractivity contribution in [2.24, 2.45) is 0 Å². The summed E-state index contributed by atoms with van der Waals surface area (Å²) in [6.45, 7) is 18.6. The van der Waals surface area contributed by atoms with Crippen LogP contribution in [0.1, 0.15) is 99.8 Å². The van der Waals surface area contributed by atoms with Gasteiger partial charge in [0, 0.05) is 56.1 Å². The Morgan fingerprint density at radius 1 is 0.547 bits per heavy atom. The highest BCUT2D eigenvalue weighted by molar-refractivity contribution is 7.14. The van der Waals surface area contributed by atoms with E-state index in [1.54, 1.807) is 74.7 Å². The second-order valence-corrected chi connectivity index (χ2v) is 29.6. The monoisotopic (exact) mass is 1200 g/mol. The molecule has 0 bridgehead atoms. The fourth-order valence-corrected chi connectivity index (χ4v) is 11.4. The van der Waals surface area contributed by atoms with E-state index < -0.39 is 31.5 Å². The number of allylic oxidation sites excluding steroid dienone is 4. The predicted octanol–water partition coefficient (Wildman–Crippen LogP) is 15.0. The molecule has 3 aromatic carbocycles. The first-order valence-corrected chi connectivity index (χ1v) is 31.9. The topological polar surface area (TPSA) is 230 Å². The molecule has 0 unspecified atom stereocenters. The van der Waals surface area contributed by atoms with Gasteiger partial charge in [0.05, 0.1) is 24.2 Å². The Morgan fingerprint density at radius 2 is 0.895 bits per heavy atom. The zero-order chi connectivity index (χ0) is 62.6. The largest absolute Gasteiger partial charge is 0.543 e. The van der Waals surface area contributed by atoms with Crippen LogP contribution >= 0.6 is 22.7 Å². The van der Waals surface area contributed by atoms with E-state index in [-0.39, 0.29) is 63.2 Å². The molecule has 18 heteroatoms. The van der Waals surface area contributed by atoms with Gasteiger partial charge in [-0.2, -0.15) is 31.6 Å². The van der Waals surface area contributed by atoms with Gasteiger partial charge in [0.15, 0.2) is 22.7 Å². The molecule has 2 aliphatic rings. The molecule has 2 aromatic heterocycles. The van der Waals surface area contributed by atoms with E-state index in [0.29, 0.717) is 30.0 Å². The number of hydrogen-bond acceptors (Lipinski definition) is 17. The van der Waals surface area contributed by atoms with Crippen molar-refractivity contribution in [3.05, 3.63) is 190 Å². The van der Waals surface area contributed by atoms with Gasteiger partial charge in [0.2, 0.25) is 8.32 Å². The van der Waals surface area contributed by atoms with E-state index in [2.05, 4.69) is 46.0 Å². The predicted molar refractivity (Wildman–Crippen MR) is 341 cm³/mol. The minimum absolute atomic E-state index is 0.00506. The van der Waals surface area contributed by atoms with E-state index >= 15 is 0 Å². The van der Waals surface area contributed by atoms with E-state index in [1.807, 2.05) is 157 Å². The van der Waals surface area contributed by atoms with Crippen LogP contribution in [0.4, 0.5) is 11.4 Å². The molecule has 0 atom stereocenters. The molecule has 0 fully saturated rings. The van der Waals surface area contributed by atoms with Crippen LogP contribution in [-0.4, -0.2) is 71.9 Å². The fraction of sp³-hybridized carbons (Fsp3) is 0.265. The summed E-state index contributed by atoms with van der Waals surface area (Å²) in [4.78, 5) is 35.3. The average molecular weight is 1200 g/mol. The Kier molecular flexibility index (Phi) is 20.1. The van der Waals surface area contributed by atoms with Crippen molar-refractivity contribution in [3.8, 4) is 42.2 Å². The van der Waals surface area contributed by atoms with Gasteiger partial charge in [0.25, 0.3) is 0 Å². The summed E-state index contributed by atoms with van der Waals surface area (Å²) >= 11 is 3.12. The Balaban J connectivity index is 0.914. The van der Waals surface area contributed by atoms with Crippen LogP contribution in [0.3, 0.4) is 0 Å². The first-order valence-electron chi connectivity index (χ1n) is 27.3. The van der Waals surface area contributed by atoms with E-state index in [9.17, 15) is 41.2 Å². The number of benzene rings is 3. The van der Waals surface area contributed by atoms with Gasteiger partial charge < -0.3 is 33.2 Å². The van der Waals surface area contributed by atoms with Gasteiger partial charge in [-0.05, 0) is 148 Å². The minimum Gasteiger partial charge on any atom is -0.543 e. The fourth-order valence-electron chi connectivity index (χ4n) is 8.74. The summed E-state index contributed by atoms with van der Waals surface area (Å²) in [5, 5.41) is 57.1. The summed E-state index contributed by atoms with van der Waals surface area (Å²) in [5.41, 5.74) is 3.40. The Hall–Kier alpha value is -9.92. The van der Waals surface area contributed by atoms with Crippen molar-refractivity contribution < 1.29 is 33.0 Å². The quantitative estimate of drug-likeness (QED) is 0.0401. The number of nitriles is 6. The lowest BCUT2D eigenvalue weighted by Gasteiger charge is -2.36. The van der Waals surface area contributed by atoms with Crippen LogP contribution in [0.15, 0.2) is 148 Å². The highest BCUT2D eigenvalue weighted by atomic mass is 32.1. The Labute approximate surface area is 512 Å². The summed E-state index contributed by atoms with van der Waals surface area (Å²) in [5.74, 6) is -0.792. The molecule has 0 radical (unpaired) electrons. The lowest BCUT2D eigenvalue weighted by atomic mass is 9.94. The summed E-state index contributed by atoms with van der Waals surface area (Å²) < 4.78 is 29.9. The molecule has 15 nitrogen and oxygen atoms in total. The molecule has 7 rings (SSSR count). The number of anilines is 2. The number of likely N-dealkylation sites (N-methyl/N-ethyl adjacent to an activating group) is 2. The molecule has 2 aliphatic heterocycles. The summed E-state index contributed by atoms with van der Waals surface area (Å²) in [6, 6.07) is 40.1. The van der Waals surface area contributed by atoms with Gasteiger partial charge in [-0.1, -0.05) is 69.3 Å². The number of carbonyl (C=O) groups is 2. The zero-order valence-corrected chi connectivity index (χ0v) is 52.5. The molecule has 0 aliphatic carbocycles. The van der Waals surface area contributed by atoms with Gasteiger partial charge in [-0.15, -0.1) is 22.7 Å². The van der Waals surface area contributed by atoms with Crippen LogP contribution < -0.4 is 14.2 Å². The SMILES string of the molecule is CN(CCOC(=O)c1cc(O[Si](C)(C)C(C)(C)C)cc(C(=O)OCCN(C)c2ccc(/C=C/c3ccc(/C=C/C4=C(C#N)C(=C(C#N)C#N)OC4(C)C)s3)cc2)c1)c1ccc(/C=C/c2ccc(/C=C/C3=C(C#N)C(=C(C#N)C#N)OC3(C)C)s2)cc1. The van der Waals surface area contributed by atoms with Crippen molar-refractivity contribution in [2.45, 2.75) is 77.8 Å². The highest BCUT2D eigenvalue weighted by Gasteiger charge is 2.41. The maximum atomic E-state index is 13.7. The number of nitrogens with zero attached hydrogens (tertiary/aromatic N) is 8. The van der Waals surface area contributed by atoms with Crippen LogP contribution in [0.25, 0.3) is 36.5 Å². The van der Waals surface area contributed by atoms with Gasteiger partial charge >= 0.3 is 11.9 Å². The van der Waals surface area contributed by atoms with Gasteiger partial charge in [0.1, 0.15) is 77.7 Å². The van der Waals surface area contributed by atoms with Crippen LogP contribution in [0, 0.1) is 68.0 Å². The molecule has 0 spiro atoms. The molecule has 0 amide bonds. The van der Waals surface area contributed by atoms with Gasteiger partial charge in [-0.3, -0.25) is 0 Å². The molecule has 5 aromatic rings. The molecule has 86 heavy (non-hydrogen) atoms. The van der Waals surface area contributed by atoms with E-state index in [4.69, 9.17) is 23.4 Å². The van der Waals surface area contributed by atoms with Crippen LogP contribution in [0.2, 0.25) is 18.1 Å². The van der Waals surface area contributed by atoms with Crippen molar-refractivity contribution in [2.75, 3.05) is 50.2 Å². The van der Waals surface area contributed by atoms with Crippen LogP contribution in [-0.2, 0) is 18.9 Å². The minimum atomic E-state index is -2.40. The number of rotatable bonds is 20. The summed E-state index contributed by atoms with van der Waals surface area (Å²) in [7, 11) is 1.43. The molecular weight excluding hydrogens is 1130 g/mol. The lowest BCUT2D eigenvalue weighted by molar-refractivity contribution is 0.0513. The molecule has 0 N–H and O–H groups in total. The smallest absolute Gasteiger partial charge is 0.338 e. The van der Waals surface area contributed by atoms with Crippen molar-refractivity contribution in [1.29, 1.82) is 31.6 Å². The molecule has 434 valence electrons. The second kappa shape index (κ2) is 27.2. The van der Waals surface area contributed by atoms with Crippen molar-refractivity contribution in [3.63, 3.8) is 0 Å². The van der Waals surface area contributed by atoms with Crippen molar-refractivity contribution >= 4 is 90.8 Å². The maximum absolute atomic E-state index is 13.7. The normalized spacial score (nSPS) is 14.5. The molecule has 0 saturated heterocycles. The Morgan fingerprint density at radius 3 is 1.22 bits per heavy atom. The van der Waals surface area contributed by atoms with Crippen LogP contribution in [0.5, 0.6) is 5.75 Å². The molecule has 4 heterocycles. The zero-order valence-electron chi connectivity index (χ0n) is 49.9. The number of ether oxygens (including phenoxy) is 4. The lowest BCUT2D eigenvalue weighted by Crippen LogP contribution is -2.43. The summed E-state index contributed by atoms with van der Waals surface area (Å²) in [6.07, 6.45) is 15.4. The number of esters is 2. The standard InChI is InChI=1S/C68H64N8O7S2Si/c1-66(2,3)86(10,11)83-53-37-47(64(77)79-34-32-75(8)51-18-12-45(13-19-51)16-22-54-24-26-56(84-54)28-30-60-58(43-73)62(49(39-69)40-70)81-67(60,4)5)36-48(38-53)65(78)80-35-33-76(9)52-20-14-46(15-21-52)17-23-55-25-27-57(85-55)29-31-61-59(44-74)63(50(41-71)42-72)82-68(61,6)7/h12-31,36-38H,32-35H2,1-11H3/b22-16+,23-17+,30-28+,31-29+. The maximum Gasteiger partial charge on any atom is 0.338 e. The third-order valence-electron chi connectivity index (χ3n) is 14.7. The second-order valence-electron chi connectivity index (χ2n) is 22.6. The third kappa shape index (κ3) is 15.4. The van der Waals surface area contributed by atoms with Gasteiger partial charge in [-0.25, -0.2) is 9.59 Å². The Bertz CT molecular complexity index is 3700. The number of hydrogen-bond donors (Lipinski definition) is 0. The number of carbonyl (C=O) groups excluding carboxylic acids is 2. The first-order chi connectivity index (χ1) is 40.8. The van der Waals surface area contributed by atoms with E-state index in [0.717, 1.165) is 42.0 Å². The van der Waals surface area contributed by atoms with Crippen molar-refractivity contribution in [1.82, 2.24) is 0 Å². The highest BCUT2D eigenvalue weighted by Crippen LogP contribution is 2.43. The molecule has 0 saturated carbocycles. The van der Waals surface area contributed by atoms with E-state index in [1.165, 1.54) is 6.07 Å². The number of thiophene rings is 2. The molecular formula is C68H64N8O7S2Si. The first kappa shape index (κ1) is 63.7. The average Bonchev–Trinajstić information content (AvgIpc) is 2.57.